The minimum atomic E-state index is -0.700. The Hall–Kier alpha value is -2.02. The number of anilines is 1. The molecule has 1 aliphatic rings. The summed E-state index contributed by atoms with van der Waals surface area (Å²) in [6, 6.07) is 7.67. The Labute approximate surface area is 119 Å². The van der Waals surface area contributed by atoms with Gasteiger partial charge in [-0.05, 0) is 43.9 Å². The van der Waals surface area contributed by atoms with Crippen LogP contribution in [0.25, 0.3) is 0 Å². The summed E-state index contributed by atoms with van der Waals surface area (Å²) < 4.78 is 5.33. The van der Waals surface area contributed by atoms with Crippen molar-refractivity contribution in [3.63, 3.8) is 0 Å². The molecule has 4 nitrogen and oxygen atoms in total. The van der Waals surface area contributed by atoms with Gasteiger partial charge in [-0.1, -0.05) is 19.4 Å². The molecule has 0 aliphatic carbocycles. The number of unbranched alkanes of at least 4 members (excludes halogenated alkanes) is 1. The van der Waals surface area contributed by atoms with Gasteiger partial charge >= 0.3 is 5.97 Å². The molecule has 0 spiro atoms. The predicted octanol–water partition coefficient (Wildman–Crippen LogP) is 3.02. The van der Waals surface area contributed by atoms with Crippen LogP contribution in [-0.2, 0) is 16.0 Å². The summed E-state index contributed by atoms with van der Waals surface area (Å²) in [6.07, 6.45) is 3.41. The lowest BCUT2D eigenvalue weighted by molar-refractivity contribution is -0.149. The van der Waals surface area contributed by atoms with Gasteiger partial charge in [-0.15, -0.1) is 0 Å². The highest BCUT2D eigenvalue weighted by molar-refractivity contribution is 5.85. The zero-order valence-electron chi connectivity index (χ0n) is 12.0. The molecule has 0 saturated carbocycles. The molecule has 1 N–H and O–H groups in total. The lowest BCUT2D eigenvalue weighted by Crippen LogP contribution is -2.47. The maximum atomic E-state index is 12.2. The Bertz CT molecular complexity index is 548. The molecular formula is C16H20N2O2. The van der Waals surface area contributed by atoms with E-state index in [1.165, 1.54) is 0 Å². The normalized spacial score (nSPS) is 20.4. The Morgan fingerprint density at radius 3 is 3.05 bits per heavy atom. The molecule has 0 saturated heterocycles. The summed E-state index contributed by atoms with van der Waals surface area (Å²) in [5, 5.41) is 12.2. The second-order valence-corrected chi connectivity index (χ2v) is 5.43. The molecule has 1 atom stereocenters. The number of benzene rings is 1. The quantitative estimate of drug-likeness (QED) is 0.676. The number of hydrogen-bond acceptors (Lipinski definition) is 4. The van der Waals surface area contributed by atoms with E-state index in [1.54, 1.807) is 6.07 Å². The number of nitrogens with zero attached hydrogens (tertiary/aromatic N) is 1. The van der Waals surface area contributed by atoms with Gasteiger partial charge in [0.25, 0.3) is 0 Å². The van der Waals surface area contributed by atoms with Gasteiger partial charge in [0.1, 0.15) is 5.54 Å². The molecule has 0 fully saturated rings. The number of esters is 1. The number of aryl methyl sites for hydroxylation is 1. The molecule has 1 heterocycles. The molecule has 1 aliphatic heterocycles. The highest BCUT2D eigenvalue weighted by Gasteiger charge is 2.37. The van der Waals surface area contributed by atoms with Crippen molar-refractivity contribution >= 4 is 11.7 Å². The molecule has 106 valence electrons. The van der Waals surface area contributed by atoms with E-state index in [0.717, 1.165) is 30.5 Å². The largest absolute Gasteiger partial charge is 0.464 e. The van der Waals surface area contributed by atoms with Gasteiger partial charge < -0.3 is 10.1 Å². The van der Waals surface area contributed by atoms with Crippen molar-refractivity contribution < 1.29 is 9.53 Å². The van der Waals surface area contributed by atoms with Gasteiger partial charge in [-0.2, -0.15) is 5.26 Å². The maximum Gasteiger partial charge on any atom is 0.331 e. The summed E-state index contributed by atoms with van der Waals surface area (Å²) in [5.74, 6) is -0.209. The molecular weight excluding hydrogens is 252 g/mol. The van der Waals surface area contributed by atoms with Crippen molar-refractivity contribution in [3.05, 3.63) is 29.3 Å². The topological polar surface area (TPSA) is 62.1 Å². The molecule has 0 radical (unpaired) electrons. The third-order valence-electron chi connectivity index (χ3n) is 3.73. The molecule has 1 aromatic rings. The van der Waals surface area contributed by atoms with Crippen molar-refractivity contribution in [2.75, 3.05) is 11.9 Å². The number of fused-ring (bicyclic) bond motifs is 1. The highest BCUT2D eigenvalue weighted by Crippen LogP contribution is 2.32. The highest BCUT2D eigenvalue weighted by atomic mass is 16.5. The first kappa shape index (κ1) is 14.4. The Morgan fingerprint density at radius 1 is 1.55 bits per heavy atom. The zero-order chi connectivity index (χ0) is 14.6. The van der Waals surface area contributed by atoms with E-state index in [1.807, 2.05) is 19.1 Å². The van der Waals surface area contributed by atoms with E-state index in [-0.39, 0.29) is 5.97 Å². The summed E-state index contributed by atoms with van der Waals surface area (Å²) in [6.45, 7) is 4.40. The van der Waals surface area contributed by atoms with E-state index in [0.29, 0.717) is 18.6 Å². The Balaban J connectivity index is 2.12. The maximum absolute atomic E-state index is 12.2. The summed E-state index contributed by atoms with van der Waals surface area (Å²) in [7, 11) is 0. The minimum absolute atomic E-state index is 0.209. The first-order valence-electron chi connectivity index (χ1n) is 7.07. The van der Waals surface area contributed by atoms with Gasteiger partial charge in [0, 0.05) is 5.69 Å². The first-order valence-corrected chi connectivity index (χ1v) is 7.07. The van der Waals surface area contributed by atoms with Gasteiger partial charge in [0.2, 0.25) is 0 Å². The van der Waals surface area contributed by atoms with Crippen molar-refractivity contribution in [1.29, 1.82) is 5.26 Å². The van der Waals surface area contributed by atoms with Crippen LogP contribution in [0.5, 0.6) is 0 Å². The van der Waals surface area contributed by atoms with Gasteiger partial charge in [-0.25, -0.2) is 4.79 Å². The molecule has 2 rings (SSSR count). The van der Waals surface area contributed by atoms with Crippen LogP contribution in [0.4, 0.5) is 5.69 Å². The lowest BCUT2D eigenvalue weighted by Gasteiger charge is -2.34. The summed E-state index contributed by atoms with van der Waals surface area (Å²) >= 11 is 0. The predicted molar refractivity (Wildman–Crippen MR) is 77.4 cm³/mol. The van der Waals surface area contributed by atoms with Crippen molar-refractivity contribution in [3.8, 4) is 6.07 Å². The number of nitriles is 1. The average molecular weight is 272 g/mol. The fourth-order valence-electron chi connectivity index (χ4n) is 2.35. The molecule has 0 amide bonds. The smallest absolute Gasteiger partial charge is 0.331 e. The van der Waals surface area contributed by atoms with E-state index in [2.05, 4.69) is 18.3 Å². The van der Waals surface area contributed by atoms with Crippen molar-refractivity contribution in [1.82, 2.24) is 0 Å². The van der Waals surface area contributed by atoms with Crippen LogP contribution in [0.1, 0.15) is 44.2 Å². The zero-order valence-corrected chi connectivity index (χ0v) is 12.0. The number of rotatable bonds is 4. The molecule has 1 aromatic carbocycles. The van der Waals surface area contributed by atoms with Crippen LogP contribution < -0.4 is 5.32 Å². The van der Waals surface area contributed by atoms with Crippen molar-refractivity contribution in [2.45, 2.75) is 45.1 Å². The SMILES string of the molecule is CCCCOC(=O)C1(C)CCc2ccc(C#N)cc2N1. The first-order chi connectivity index (χ1) is 9.59. The third kappa shape index (κ3) is 2.93. The fraction of sp³-hybridized carbons (Fsp3) is 0.500. The van der Waals surface area contributed by atoms with Crippen LogP contribution in [0.3, 0.4) is 0 Å². The van der Waals surface area contributed by atoms with E-state index in [4.69, 9.17) is 10.00 Å². The van der Waals surface area contributed by atoms with Crippen LogP contribution in [0.2, 0.25) is 0 Å². The van der Waals surface area contributed by atoms with Gasteiger partial charge in [0.15, 0.2) is 0 Å². The second kappa shape index (κ2) is 5.96. The van der Waals surface area contributed by atoms with Crippen LogP contribution in [0, 0.1) is 11.3 Å². The van der Waals surface area contributed by atoms with Crippen molar-refractivity contribution in [2.24, 2.45) is 0 Å². The summed E-state index contributed by atoms with van der Waals surface area (Å²) in [5.41, 5.74) is 1.90. The monoisotopic (exact) mass is 272 g/mol. The second-order valence-electron chi connectivity index (χ2n) is 5.43. The Kier molecular flexibility index (Phi) is 4.29. The van der Waals surface area contributed by atoms with E-state index in [9.17, 15) is 4.79 Å². The molecule has 1 unspecified atom stereocenters. The molecule has 4 heteroatoms. The number of nitrogens with one attached hydrogen (secondary N) is 1. The van der Waals surface area contributed by atoms with Crippen LogP contribution in [-0.4, -0.2) is 18.1 Å². The minimum Gasteiger partial charge on any atom is -0.464 e. The third-order valence-corrected chi connectivity index (χ3v) is 3.73. The number of ether oxygens (including phenoxy) is 1. The number of carbonyl (C=O) groups is 1. The Morgan fingerprint density at radius 2 is 2.35 bits per heavy atom. The van der Waals surface area contributed by atoms with E-state index >= 15 is 0 Å². The van der Waals surface area contributed by atoms with Gasteiger partial charge in [-0.3, -0.25) is 0 Å². The van der Waals surface area contributed by atoms with Crippen LogP contribution >= 0.6 is 0 Å². The number of hydrogen-bond donors (Lipinski definition) is 1. The summed E-state index contributed by atoms with van der Waals surface area (Å²) in [4.78, 5) is 12.2. The average Bonchev–Trinajstić information content (AvgIpc) is 2.46. The van der Waals surface area contributed by atoms with Gasteiger partial charge in [0.05, 0.1) is 18.2 Å². The molecule has 0 aromatic heterocycles. The molecule has 20 heavy (non-hydrogen) atoms. The lowest BCUT2D eigenvalue weighted by atomic mass is 9.87. The molecule has 0 bridgehead atoms. The van der Waals surface area contributed by atoms with Crippen LogP contribution in [0.15, 0.2) is 18.2 Å². The number of carbonyl (C=O) groups excluding carboxylic acids is 1. The standard InChI is InChI=1S/C16H20N2O2/c1-3-4-9-20-15(19)16(2)8-7-13-6-5-12(11-17)10-14(13)18-16/h5-6,10,18H,3-4,7-9H2,1-2H3. The fourth-order valence-corrected chi connectivity index (χ4v) is 2.35. The van der Waals surface area contributed by atoms with E-state index < -0.39 is 5.54 Å².